The van der Waals surface area contributed by atoms with Gasteiger partial charge in [0.2, 0.25) is 0 Å². The largest absolute Gasteiger partial charge is 0.390 e. The number of nitrogens with zero attached hydrogens (tertiary/aromatic N) is 2. The van der Waals surface area contributed by atoms with Crippen LogP contribution in [0.15, 0.2) is 4.52 Å². The molecule has 4 nitrogen and oxygen atoms in total. The van der Waals surface area contributed by atoms with Gasteiger partial charge in [-0.05, 0) is 19.4 Å². The number of aryl methyl sites for hydroxylation is 1. The zero-order chi connectivity index (χ0) is 15.1. The van der Waals surface area contributed by atoms with Crippen LogP contribution in [0.25, 0.3) is 11.5 Å². The van der Waals surface area contributed by atoms with Crippen LogP contribution >= 0.6 is 34.9 Å². The fourth-order valence-corrected chi connectivity index (χ4v) is 6.07. The lowest BCUT2D eigenvalue weighted by Crippen LogP contribution is -2.22. The molecule has 0 aromatic carbocycles. The van der Waals surface area contributed by atoms with Crippen molar-refractivity contribution in [3.63, 3.8) is 0 Å². The number of thiophene rings is 1. The SMILES string of the molecule is Cc1sc(N)c(-c2nc(C3CSC(C)C(C)S3)no2)c1C. The molecule has 3 atom stereocenters. The second-order valence-electron chi connectivity index (χ2n) is 5.35. The molecule has 3 rings (SSSR count). The molecule has 1 saturated heterocycles. The van der Waals surface area contributed by atoms with E-state index in [4.69, 9.17) is 10.3 Å². The normalized spacial score (nSPS) is 26.2. The van der Waals surface area contributed by atoms with Gasteiger partial charge in [-0.1, -0.05) is 19.0 Å². The highest BCUT2D eigenvalue weighted by molar-refractivity contribution is 8.07. The first-order valence-corrected chi connectivity index (χ1v) is 9.74. The van der Waals surface area contributed by atoms with Gasteiger partial charge in [0, 0.05) is 21.1 Å². The zero-order valence-electron chi connectivity index (χ0n) is 12.5. The van der Waals surface area contributed by atoms with Crippen molar-refractivity contribution in [2.24, 2.45) is 0 Å². The summed E-state index contributed by atoms with van der Waals surface area (Å²) in [6.45, 7) is 8.66. The van der Waals surface area contributed by atoms with Crippen molar-refractivity contribution in [3.8, 4) is 11.5 Å². The molecule has 2 aromatic rings. The van der Waals surface area contributed by atoms with E-state index in [1.165, 1.54) is 4.88 Å². The van der Waals surface area contributed by atoms with Gasteiger partial charge in [0.05, 0.1) is 15.8 Å². The molecule has 2 aromatic heterocycles. The number of rotatable bonds is 2. The van der Waals surface area contributed by atoms with Crippen molar-refractivity contribution < 1.29 is 4.52 Å². The Labute approximate surface area is 137 Å². The van der Waals surface area contributed by atoms with Crippen molar-refractivity contribution in [1.29, 1.82) is 0 Å². The monoisotopic (exact) mass is 341 g/mol. The lowest BCUT2D eigenvalue weighted by Gasteiger charge is -2.29. The number of anilines is 1. The van der Waals surface area contributed by atoms with E-state index in [1.807, 2.05) is 23.5 Å². The van der Waals surface area contributed by atoms with Crippen LogP contribution in [0, 0.1) is 13.8 Å². The summed E-state index contributed by atoms with van der Waals surface area (Å²) in [6, 6.07) is 0. The third-order valence-electron chi connectivity index (χ3n) is 3.91. The molecule has 21 heavy (non-hydrogen) atoms. The van der Waals surface area contributed by atoms with Crippen molar-refractivity contribution in [1.82, 2.24) is 10.1 Å². The van der Waals surface area contributed by atoms with Crippen LogP contribution < -0.4 is 5.73 Å². The lowest BCUT2D eigenvalue weighted by atomic mass is 10.1. The smallest absolute Gasteiger partial charge is 0.261 e. The first-order chi connectivity index (χ1) is 9.97. The van der Waals surface area contributed by atoms with E-state index in [2.05, 4.69) is 37.8 Å². The molecule has 3 unspecified atom stereocenters. The Kier molecular flexibility index (Phi) is 4.25. The number of nitrogen functional groups attached to an aromatic ring is 1. The summed E-state index contributed by atoms with van der Waals surface area (Å²) < 4.78 is 5.48. The van der Waals surface area contributed by atoms with Crippen LogP contribution in [0.3, 0.4) is 0 Å². The molecule has 0 amide bonds. The second-order valence-corrected chi connectivity index (χ2v) is 9.60. The Bertz CT molecular complexity index is 652. The van der Waals surface area contributed by atoms with Gasteiger partial charge in [-0.15, -0.1) is 23.1 Å². The molecular weight excluding hydrogens is 322 g/mol. The Morgan fingerprint density at radius 2 is 2.00 bits per heavy atom. The maximum absolute atomic E-state index is 6.08. The second kappa shape index (κ2) is 5.85. The van der Waals surface area contributed by atoms with E-state index in [0.717, 1.165) is 27.7 Å². The van der Waals surface area contributed by atoms with E-state index in [9.17, 15) is 0 Å². The summed E-state index contributed by atoms with van der Waals surface area (Å²) in [5, 5.41) is 6.54. The van der Waals surface area contributed by atoms with E-state index < -0.39 is 0 Å². The molecule has 3 heterocycles. The van der Waals surface area contributed by atoms with Crippen LogP contribution in [0.4, 0.5) is 5.00 Å². The van der Waals surface area contributed by atoms with Gasteiger partial charge >= 0.3 is 0 Å². The van der Waals surface area contributed by atoms with Gasteiger partial charge < -0.3 is 10.3 Å². The molecule has 1 fully saturated rings. The Balaban J connectivity index is 1.87. The first kappa shape index (κ1) is 15.2. The minimum absolute atomic E-state index is 0.306. The summed E-state index contributed by atoms with van der Waals surface area (Å²) in [4.78, 5) is 5.81. The topological polar surface area (TPSA) is 64.9 Å². The first-order valence-electron chi connectivity index (χ1n) is 6.94. The Morgan fingerprint density at radius 1 is 1.24 bits per heavy atom. The van der Waals surface area contributed by atoms with Gasteiger partial charge in [0.1, 0.15) is 0 Å². The summed E-state index contributed by atoms with van der Waals surface area (Å²) in [7, 11) is 0. The Hall–Kier alpha value is -0.660. The van der Waals surface area contributed by atoms with Crippen molar-refractivity contribution in [2.75, 3.05) is 11.5 Å². The molecule has 0 saturated carbocycles. The average molecular weight is 342 g/mol. The molecular formula is C14H19N3OS3. The summed E-state index contributed by atoms with van der Waals surface area (Å²) in [5.41, 5.74) is 8.13. The standard InChI is InChI=1S/C14H19N3OS3/c1-6-7(2)21-12(15)11(6)14-16-13(17-18-14)10-5-19-8(3)9(4)20-10/h8-10H,5,15H2,1-4H3. The van der Waals surface area contributed by atoms with Crippen LogP contribution in [0.2, 0.25) is 0 Å². The summed E-state index contributed by atoms with van der Waals surface area (Å²) in [6.07, 6.45) is 0. The fourth-order valence-electron chi connectivity index (χ4n) is 2.31. The molecule has 0 aliphatic carbocycles. The number of thioether (sulfide) groups is 2. The number of hydrogen-bond acceptors (Lipinski definition) is 7. The molecule has 0 bridgehead atoms. The van der Waals surface area contributed by atoms with Crippen molar-refractivity contribution in [3.05, 3.63) is 16.3 Å². The van der Waals surface area contributed by atoms with Gasteiger partial charge in [0.15, 0.2) is 5.82 Å². The fraction of sp³-hybridized carbons (Fsp3) is 0.571. The predicted octanol–water partition coefficient (Wildman–Crippen LogP) is 4.30. The predicted molar refractivity (Wildman–Crippen MR) is 93.2 cm³/mol. The Morgan fingerprint density at radius 3 is 2.62 bits per heavy atom. The minimum atomic E-state index is 0.306. The molecule has 0 spiro atoms. The molecule has 7 heteroatoms. The minimum Gasteiger partial charge on any atom is -0.390 e. The van der Waals surface area contributed by atoms with Crippen LogP contribution in [0.1, 0.15) is 35.4 Å². The number of aromatic nitrogens is 2. The summed E-state index contributed by atoms with van der Waals surface area (Å²) in [5.74, 6) is 2.39. The molecule has 114 valence electrons. The maximum atomic E-state index is 6.08. The van der Waals surface area contributed by atoms with E-state index in [1.54, 1.807) is 11.3 Å². The third kappa shape index (κ3) is 2.83. The molecule has 1 aliphatic rings. The highest BCUT2D eigenvalue weighted by atomic mass is 32.2. The summed E-state index contributed by atoms with van der Waals surface area (Å²) >= 11 is 5.49. The van der Waals surface area contributed by atoms with E-state index >= 15 is 0 Å². The molecule has 2 N–H and O–H groups in total. The van der Waals surface area contributed by atoms with Gasteiger partial charge in [-0.2, -0.15) is 16.7 Å². The van der Waals surface area contributed by atoms with Crippen LogP contribution in [-0.2, 0) is 0 Å². The zero-order valence-corrected chi connectivity index (χ0v) is 15.0. The van der Waals surface area contributed by atoms with E-state index in [-0.39, 0.29) is 0 Å². The van der Waals surface area contributed by atoms with Crippen LogP contribution in [0.5, 0.6) is 0 Å². The van der Waals surface area contributed by atoms with Gasteiger partial charge in [-0.3, -0.25) is 0 Å². The average Bonchev–Trinajstić information content (AvgIpc) is 2.99. The van der Waals surface area contributed by atoms with Gasteiger partial charge in [-0.25, -0.2) is 0 Å². The van der Waals surface area contributed by atoms with Gasteiger partial charge in [0.25, 0.3) is 5.89 Å². The quantitative estimate of drug-likeness (QED) is 0.879. The van der Waals surface area contributed by atoms with Crippen molar-refractivity contribution in [2.45, 2.75) is 43.4 Å². The maximum Gasteiger partial charge on any atom is 0.261 e. The van der Waals surface area contributed by atoms with E-state index in [0.29, 0.717) is 21.6 Å². The number of hydrogen-bond donors (Lipinski definition) is 1. The highest BCUT2D eigenvalue weighted by Crippen LogP contribution is 2.44. The third-order valence-corrected chi connectivity index (χ3v) is 8.33. The van der Waals surface area contributed by atoms with Crippen molar-refractivity contribution >= 4 is 39.9 Å². The highest BCUT2D eigenvalue weighted by Gasteiger charge is 2.30. The molecule has 0 radical (unpaired) electrons. The van der Waals surface area contributed by atoms with Crippen LogP contribution in [-0.4, -0.2) is 26.4 Å². The molecule has 1 aliphatic heterocycles. The lowest BCUT2D eigenvalue weighted by molar-refractivity contribution is 0.423. The number of nitrogens with two attached hydrogens (primary N) is 1.